The molecule has 3 atom stereocenters. The van der Waals surface area contributed by atoms with Crippen molar-refractivity contribution in [1.82, 2.24) is 5.32 Å². The first-order chi connectivity index (χ1) is 15.7. The molecule has 178 valence electrons. The molecule has 1 heterocycles. The Morgan fingerprint density at radius 1 is 1.21 bits per heavy atom. The molecule has 0 bridgehead atoms. The third kappa shape index (κ3) is 4.82. The van der Waals surface area contributed by atoms with Gasteiger partial charge in [-0.1, -0.05) is 32.0 Å². The van der Waals surface area contributed by atoms with Crippen LogP contribution in [0.4, 0.5) is 0 Å². The molecule has 7 nitrogen and oxygen atoms in total. The van der Waals surface area contributed by atoms with E-state index in [1.54, 1.807) is 0 Å². The zero-order chi connectivity index (χ0) is 24.3. The predicted molar refractivity (Wildman–Crippen MR) is 123 cm³/mol. The van der Waals surface area contributed by atoms with Crippen molar-refractivity contribution in [2.24, 2.45) is 11.8 Å². The van der Waals surface area contributed by atoms with Crippen molar-refractivity contribution in [3.63, 3.8) is 0 Å². The van der Waals surface area contributed by atoms with Gasteiger partial charge >= 0.3 is 11.9 Å². The second kappa shape index (κ2) is 10.2. The molecule has 7 heteroatoms. The van der Waals surface area contributed by atoms with Gasteiger partial charge in [-0.3, -0.25) is 9.59 Å². The first kappa shape index (κ1) is 24.6. The largest absolute Gasteiger partial charge is 0.491 e. The van der Waals surface area contributed by atoms with E-state index in [0.717, 1.165) is 5.70 Å². The van der Waals surface area contributed by atoms with E-state index in [4.69, 9.17) is 14.2 Å². The lowest BCUT2D eigenvalue weighted by molar-refractivity contribution is -0.151. The van der Waals surface area contributed by atoms with Gasteiger partial charge in [-0.25, -0.2) is 4.79 Å². The quantitative estimate of drug-likeness (QED) is 0.490. The molecule has 3 rings (SSSR count). The summed E-state index contributed by atoms with van der Waals surface area (Å²) in [6.07, 6.45) is 1.06. The molecule has 1 N–H and O–H groups in total. The lowest BCUT2D eigenvalue weighted by Gasteiger charge is -2.38. The fourth-order valence-electron chi connectivity index (χ4n) is 4.61. The second-order valence-corrected chi connectivity index (χ2v) is 8.88. The number of para-hydroxylation sites is 1. The van der Waals surface area contributed by atoms with Crippen LogP contribution in [0.25, 0.3) is 0 Å². The van der Waals surface area contributed by atoms with Crippen molar-refractivity contribution < 1.29 is 28.6 Å². The van der Waals surface area contributed by atoms with E-state index < -0.39 is 23.8 Å². The molecule has 0 radical (unpaired) electrons. The zero-order valence-electron chi connectivity index (χ0n) is 20.2. The monoisotopic (exact) mass is 455 g/mol. The minimum atomic E-state index is -0.928. The van der Waals surface area contributed by atoms with Gasteiger partial charge in [-0.05, 0) is 45.6 Å². The van der Waals surface area contributed by atoms with Crippen molar-refractivity contribution in [2.45, 2.75) is 59.5 Å². The number of allylic oxidation sites excluding steroid dienone is 3. The SMILES string of the molecule is CCCOC(=O)C1=C(C)NC2=C(C(=O)[C@@H](C(=O)OC)[C@@H](C)C2)[C@@H]1c1ccccc1OC(C)C. The number of nitrogens with one attached hydrogen (secondary N) is 1. The number of carbonyl (C=O) groups excluding carboxylic acids is 3. The van der Waals surface area contributed by atoms with Gasteiger partial charge in [-0.15, -0.1) is 0 Å². The van der Waals surface area contributed by atoms with Crippen molar-refractivity contribution in [2.75, 3.05) is 13.7 Å². The molecule has 1 aromatic carbocycles. The van der Waals surface area contributed by atoms with Crippen LogP contribution < -0.4 is 10.1 Å². The van der Waals surface area contributed by atoms with E-state index in [1.807, 2.05) is 58.9 Å². The van der Waals surface area contributed by atoms with Crippen LogP contribution in [-0.4, -0.2) is 37.5 Å². The number of methoxy groups -OCH3 is 1. The molecular formula is C26H33NO6. The number of hydrogen-bond donors (Lipinski definition) is 1. The average Bonchev–Trinajstić information content (AvgIpc) is 2.76. The summed E-state index contributed by atoms with van der Waals surface area (Å²) in [6, 6.07) is 7.39. The highest BCUT2D eigenvalue weighted by atomic mass is 16.5. The summed E-state index contributed by atoms with van der Waals surface area (Å²) in [7, 11) is 1.28. The normalized spacial score (nSPS) is 22.6. The number of benzene rings is 1. The van der Waals surface area contributed by atoms with E-state index in [1.165, 1.54) is 7.11 Å². The van der Waals surface area contributed by atoms with Gasteiger partial charge in [0.2, 0.25) is 0 Å². The summed E-state index contributed by atoms with van der Waals surface area (Å²) in [6.45, 7) is 9.70. The van der Waals surface area contributed by atoms with Gasteiger partial charge in [0, 0.05) is 22.5 Å². The maximum atomic E-state index is 13.8. The Kier molecular flexibility index (Phi) is 7.61. The fraction of sp³-hybridized carbons (Fsp3) is 0.500. The van der Waals surface area contributed by atoms with Crippen LogP contribution >= 0.6 is 0 Å². The molecule has 1 aliphatic carbocycles. The Balaban J connectivity index is 2.22. The molecule has 0 saturated heterocycles. The summed E-state index contributed by atoms with van der Waals surface area (Å²) in [5, 5.41) is 3.27. The third-order valence-electron chi connectivity index (χ3n) is 5.99. The van der Waals surface area contributed by atoms with E-state index in [9.17, 15) is 14.4 Å². The maximum Gasteiger partial charge on any atom is 0.336 e. The van der Waals surface area contributed by atoms with Gasteiger partial charge in [0.25, 0.3) is 0 Å². The minimum Gasteiger partial charge on any atom is -0.491 e. The van der Waals surface area contributed by atoms with Gasteiger partial charge < -0.3 is 19.5 Å². The van der Waals surface area contributed by atoms with Crippen molar-refractivity contribution >= 4 is 17.7 Å². The lowest BCUT2D eigenvalue weighted by atomic mass is 9.69. The number of ketones is 1. The molecule has 1 aromatic rings. The van der Waals surface area contributed by atoms with Gasteiger partial charge in [0.15, 0.2) is 5.78 Å². The minimum absolute atomic E-state index is 0.105. The van der Waals surface area contributed by atoms with Crippen LogP contribution in [0.5, 0.6) is 5.75 Å². The number of carbonyl (C=O) groups is 3. The van der Waals surface area contributed by atoms with Gasteiger partial charge in [-0.2, -0.15) is 0 Å². The first-order valence-corrected chi connectivity index (χ1v) is 11.5. The Morgan fingerprint density at radius 2 is 1.91 bits per heavy atom. The second-order valence-electron chi connectivity index (χ2n) is 8.88. The fourth-order valence-corrected chi connectivity index (χ4v) is 4.61. The Morgan fingerprint density at radius 3 is 2.55 bits per heavy atom. The molecular weight excluding hydrogens is 422 g/mol. The topological polar surface area (TPSA) is 90.9 Å². The molecule has 0 unspecified atom stereocenters. The Labute approximate surface area is 195 Å². The van der Waals surface area contributed by atoms with E-state index in [2.05, 4.69) is 5.32 Å². The van der Waals surface area contributed by atoms with Gasteiger partial charge in [0.1, 0.15) is 11.7 Å². The number of ether oxygens (including phenoxy) is 3. The van der Waals surface area contributed by atoms with Crippen LogP contribution in [0, 0.1) is 11.8 Å². The summed E-state index contributed by atoms with van der Waals surface area (Å²) < 4.78 is 16.5. The molecule has 1 aliphatic heterocycles. The van der Waals surface area contributed by atoms with Crippen LogP contribution in [0.15, 0.2) is 46.8 Å². The summed E-state index contributed by atoms with van der Waals surface area (Å²) in [5.41, 5.74) is 2.80. The number of Topliss-reactive ketones (excluding diaryl/α,β-unsaturated/α-hetero) is 1. The van der Waals surface area contributed by atoms with Crippen LogP contribution in [0.1, 0.15) is 58.9 Å². The average molecular weight is 456 g/mol. The van der Waals surface area contributed by atoms with Crippen molar-refractivity contribution in [1.29, 1.82) is 0 Å². The molecule has 0 aromatic heterocycles. The molecule has 0 saturated carbocycles. The number of esters is 2. The summed E-state index contributed by atoms with van der Waals surface area (Å²) in [4.78, 5) is 39.5. The molecule has 2 aliphatic rings. The third-order valence-corrected chi connectivity index (χ3v) is 5.99. The first-order valence-electron chi connectivity index (χ1n) is 11.5. The standard InChI is InChI=1S/C26H33NO6/c1-7-12-32-26(30)21-16(5)27-18-13-15(4)20(25(29)31-6)24(28)23(18)22(21)17-10-8-9-11-19(17)33-14(2)3/h8-11,14-15,20,22,27H,7,12-13H2,1-6H3/t15-,20-,22+/m0/s1. The van der Waals surface area contributed by atoms with E-state index in [-0.39, 0.29) is 24.4 Å². The number of hydrogen-bond acceptors (Lipinski definition) is 7. The maximum absolute atomic E-state index is 13.8. The van der Waals surface area contributed by atoms with Crippen molar-refractivity contribution in [3.8, 4) is 5.75 Å². The summed E-state index contributed by atoms with van der Waals surface area (Å²) in [5.74, 6) is -2.68. The molecule has 0 fully saturated rings. The van der Waals surface area contributed by atoms with Gasteiger partial charge in [0.05, 0.1) is 31.3 Å². The highest BCUT2D eigenvalue weighted by Crippen LogP contribution is 2.47. The highest BCUT2D eigenvalue weighted by Gasteiger charge is 2.47. The number of dihydropyridines is 1. The van der Waals surface area contributed by atoms with E-state index in [0.29, 0.717) is 41.0 Å². The molecule has 0 spiro atoms. The van der Waals surface area contributed by atoms with Crippen LogP contribution in [-0.2, 0) is 23.9 Å². The van der Waals surface area contributed by atoms with E-state index >= 15 is 0 Å². The summed E-state index contributed by atoms with van der Waals surface area (Å²) >= 11 is 0. The molecule has 0 amide bonds. The van der Waals surface area contributed by atoms with Crippen molar-refractivity contribution in [3.05, 3.63) is 52.4 Å². The zero-order valence-corrected chi connectivity index (χ0v) is 20.2. The smallest absolute Gasteiger partial charge is 0.336 e. The number of rotatable bonds is 7. The Hall–Kier alpha value is -3.09. The highest BCUT2D eigenvalue weighted by molar-refractivity contribution is 6.12. The lowest BCUT2D eigenvalue weighted by Crippen LogP contribution is -2.43. The van der Waals surface area contributed by atoms with Crippen LogP contribution in [0.3, 0.4) is 0 Å². The Bertz CT molecular complexity index is 1010. The predicted octanol–water partition coefficient (Wildman–Crippen LogP) is 4.04. The van der Waals surface area contributed by atoms with Crippen LogP contribution in [0.2, 0.25) is 0 Å². The molecule has 33 heavy (non-hydrogen) atoms.